The van der Waals surface area contributed by atoms with Crippen LogP contribution in [0.2, 0.25) is 0 Å². The van der Waals surface area contributed by atoms with Crippen LogP contribution in [0.15, 0.2) is 18.2 Å². The fraction of sp³-hybridized carbons (Fsp3) is 0.500. The van der Waals surface area contributed by atoms with Crippen LogP contribution in [0, 0.1) is 17.2 Å². The van der Waals surface area contributed by atoms with Gasteiger partial charge in [-0.15, -0.1) is 0 Å². The molecule has 3 atom stereocenters. The van der Waals surface area contributed by atoms with Gasteiger partial charge in [0, 0.05) is 12.5 Å². The molecule has 1 saturated heterocycles. The van der Waals surface area contributed by atoms with Crippen molar-refractivity contribution in [2.75, 3.05) is 13.4 Å². The van der Waals surface area contributed by atoms with Gasteiger partial charge in [0.2, 0.25) is 6.79 Å². The SMILES string of the molecule is CCC1OCCC1C(=O)C(C#N)c1ccc2c(c1)OCO2. The first-order valence-electron chi connectivity index (χ1n) is 7.19. The highest BCUT2D eigenvalue weighted by Crippen LogP contribution is 2.36. The highest BCUT2D eigenvalue weighted by molar-refractivity contribution is 5.91. The van der Waals surface area contributed by atoms with Gasteiger partial charge in [-0.3, -0.25) is 4.79 Å². The van der Waals surface area contributed by atoms with Crippen LogP contribution in [0.3, 0.4) is 0 Å². The lowest BCUT2D eigenvalue weighted by Gasteiger charge is -2.18. The van der Waals surface area contributed by atoms with Crippen molar-refractivity contribution in [2.24, 2.45) is 5.92 Å². The number of hydrogen-bond acceptors (Lipinski definition) is 5. The molecule has 5 nitrogen and oxygen atoms in total. The van der Waals surface area contributed by atoms with Gasteiger partial charge in [0.15, 0.2) is 17.3 Å². The number of Topliss-reactive ketones (excluding diaryl/α,β-unsaturated/α-hetero) is 1. The maximum atomic E-state index is 12.7. The summed E-state index contributed by atoms with van der Waals surface area (Å²) in [6.45, 7) is 2.77. The molecule has 0 aromatic heterocycles. The summed E-state index contributed by atoms with van der Waals surface area (Å²) in [6.07, 6.45) is 1.41. The fourth-order valence-electron chi connectivity index (χ4n) is 2.99. The molecule has 3 rings (SSSR count). The van der Waals surface area contributed by atoms with Crippen molar-refractivity contribution in [2.45, 2.75) is 31.8 Å². The van der Waals surface area contributed by atoms with Crippen molar-refractivity contribution in [3.63, 3.8) is 0 Å². The van der Waals surface area contributed by atoms with Crippen molar-refractivity contribution < 1.29 is 19.0 Å². The monoisotopic (exact) mass is 287 g/mol. The topological polar surface area (TPSA) is 68.6 Å². The lowest BCUT2D eigenvalue weighted by Crippen LogP contribution is -2.28. The molecule has 2 aliphatic heterocycles. The lowest BCUT2D eigenvalue weighted by atomic mass is 9.84. The van der Waals surface area contributed by atoms with Crippen molar-refractivity contribution in [3.8, 4) is 17.6 Å². The summed E-state index contributed by atoms with van der Waals surface area (Å²) in [5.41, 5.74) is 0.661. The van der Waals surface area contributed by atoms with Crippen molar-refractivity contribution >= 4 is 5.78 Å². The first-order chi connectivity index (χ1) is 10.2. The minimum atomic E-state index is -0.778. The highest BCUT2D eigenvalue weighted by Gasteiger charge is 2.37. The molecular weight excluding hydrogens is 270 g/mol. The van der Waals surface area contributed by atoms with Crippen LogP contribution in [-0.4, -0.2) is 25.3 Å². The Kier molecular flexibility index (Phi) is 3.80. The molecule has 1 aromatic carbocycles. The van der Waals surface area contributed by atoms with Crippen LogP contribution < -0.4 is 9.47 Å². The Hall–Kier alpha value is -2.06. The Balaban J connectivity index is 1.85. The van der Waals surface area contributed by atoms with Gasteiger partial charge in [-0.1, -0.05) is 13.0 Å². The molecule has 2 heterocycles. The summed E-state index contributed by atoms with van der Waals surface area (Å²) in [4.78, 5) is 12.7. The van der Waals surface area contributed by atoms with Gasteiger partial charge in [0.1, 0.15) is 5.92 Å². The molecule has 5 heteroatoms. The molecule has 0 bridgehead atoms. The Bertz CT molecular complexity index is 592. The van der Waals surface area contributed by atoms with Gasteiger partial charge in [0.05, 0.1) is 12.2 Å². The van der Waals surface area contributed by atoms with E-state index in [2.05, 4.69) is 6.07 Å². The predicted molar refractivity (Wildman–Crippen MR) is 74.1 cm³/mol. The van der Waals surface area contributed by atoms with Crippen LogP contribution in [0.5, 0.6) is 11.5 Å². The maximum absolute atomic E-state index is 12.7. The number of ketones is 1. The van der Waals surface area contributed by atoms with Gasteiger partial charge in [-0.25, -0.2) is 0 Å². The number of rotatable bonds is 4. The molecular formula is C16H17NO4. The second kappa shape index (κ2) is 5.74. The third-order valence-electron chi connectivity index (χ3n) is 4.12. The summed E-state index contributed by atoms with van der Waals surface area (Å²) in [7, 11) is 0. The van der Waals surface area contributed by atoms with Crippen LogP contribution in [0.25, 0.3) is 0 Å². The normalized spacial score (nSPS) is 24.6. The first-order valence-corrected chi connectivity index (χ1v) is 7.19. The second-order valence-corrected chi connectivity index (χ2v) is 5.29. The number of carbonyl (C=O) groups is 1. The van der Waals surface area contributed by atoms with E-state index >= 15 is 0 Å². The summed E-state index contributed by atoms with van der Waals surface area (Å²) in [5.74, 6) is 0.222. The molecule has 2 aliphatic rings. The van der Waals surface area contributed by atoms with Gasteiger partial charge < -0.3 is 14.2 Å². The van der Waals surface area contributed by atoms with Crippen molar-refractivity contribution in [1.82, 2.24) is 0 Å². The molecule has 21 heavy (non-hydrogen) atoms. The lowest BCUT2D eigenvalue weighted by molar-refractivity contribution is -0.124. The highest BCUT2D eigenvalue weighted by atomic mass is 16.7. The zero-order valence-corrected chi connectivity index (χ0v) is 11.9. The number of ether oxygens (including phenoxy) is 3. The molecule has 0 spiro atoms. The van der Waals surface area contributed by atoms with E-state index in [1.165, 1.54) is 0 Å². The van der Waals surface area contributed by atoms with Gasteiger partial charge in [-0.05, 0) is 30.5 Å². The van der Waals surface area contributed by atoms with Crippen LogP contribution >= 0.6 is 0 Å². The number of benzene rings is 1. The molecule has 0 amide bonds. The predicted octanol–water partition coefficient (Wildman–Crippen LogP) is 2.41. The first kappa shape index (κ1) is 13.9. The number of nitriles is 1. The molecule has 1 aromatic rings. The van der Waals surface area contributed by atoms with E-state index < -0.39 is 5.92 Å². The Morgan fingerprint density at radius 2 is 2.24 bits per heavy atom. The van der Waals surface area contributed by atoms with E-state index in [0.29, 0.717) is 30.1 Å². The summed E-state index contributed by atoms with van der Waals surface area (Å²) in [6, 6.07) is 7.36. The summed E-state index contributed by atoms with van der Waals surface area (Å²) < 4.78 is 16.1. The van der Waals surface area contributed by atoms with E-state index in [0.717, 1.165) is 6.42 Å². The van der Waals surface area contributed by atoms with Crippen molar-refractivity contribution in [3.05, 3.63) is 23.8 Å². The van der Waals surface area contributed by atoms with E-state index in [9.17, 15) is 10.1 Å². The van der Waals surface area contributed by atoms with Gasteiger partial charge in [0.25, 0.3) is 0 Å². The number of fused-ring (bicyclic) bond motifs is 1. The van der Waals surface area contributed by atoms with Crippen LogP contribution in [0.1, 0.15) is 31.2 Å². The Morgan fingerprint density at radius 3 is 3.00 bits per heavy atom. The largest absolute Gasteiger partial charge is 0.454 e. The van der Waals surface area contributed by atoms with Crippen LogP contribution in [-0.2, 0) is 9.53 Å². The maximum Gasteiger partial charge on any atom is 0.231 e. The number of hydrogen-bond donors (Lipinski definition) is 0. The van der Waals surface area contributed by atoms with E-state index in [1.807, 2.05) is 6.92 Å². The Morgan fingerprint density at radius 1 is 1.43 bits per heavy atom. The van der Waals surface area contributed by atoms with Crippen LogP contribution in [0.4, 0.5) is 0 Å². The third kappa shape index (κ3) is 2.47. The standard InChI is InChI=1S/C16H17NO4/c1-2-13-11(5-6-19-13)16(18)12(8-17)10-3-4-14-15(7-10)21-9-20-14/h3-4,7,11-13H,2,5-6,9H2,1H3. The zero-order valence-electron chi connectivity index (χ0n) is 11.9. The Labute approximate surface area is 123 Å². The zero-order chi connectivity index (χ0) is 14.8. The number of carbonyl (C=O) groups excluding carboxylic acids is 1. The smallest absolute Gasteiger partial charge is 0.231 e. The minimum Gasteiger partial charge on any atom is -0.454 e. The average Bonchev–Trinajstić information content (AvgIpc) is 3.15. The summed E-state index contributed by atoms with van der Waals surface area (Å²) >= 11 is 0. The molecule has 110 valence electrons. The van der Waals surface area contributed by atoms with E-state index in [1.54, 1.807) is 18.2 Å². The quantitative estimate of drug-likeness (QED) is 0.850. The molecule has 1 fully saturated rings. The summed E-state index contributed by atoms with van der Waals surface area (Å²) in [5, 5.41) is 9.43. The van der Waals surface area contributed by atoms with Crippen molar-refractivity contribution in [1.29, 1.82) is 5.26 Å². The molecule has 0 saturated carbocycles. The number of nitrogens with zero attached hydrogens (tertiary/aromatic N) is 1. The van der Waals surface area contributed by atoms with E-state index in [-0.39, 0.29) is 24.6 Å². The van der Waals surface area contributed by atoms with E-state index in [4.69, 9.17) is 14.2 Å². The fourth-order valence-corrected chi connectivity index (χ4v) is 2.99. The molecule has 0 aliphatic carbocycles. The average molecular weight is 287 g/mol. The van der Waals surface area contributed by atoms with Gasteiger partial charge in [-0.2, -0.15) is 5.26 Å². The minimum absolute atomic E-state index is 0.0549. The third-order valence-corrected chi connectivity index (χ3v) is 4.12. The van der Waals surface area contributed by atoms with Gasteiger partial charge >= 0.3 is 0 Å². The molecule has 0 radical (unpaired) electrons. The second-order valence-electron chi connectivity index (χ2n) is 5.29. The molecule has 3 unspecified atom stereocenters. The molecule has 0 N–H and O–H groups in total.